The van der Waals surface area contributed by atoms with E-state index in [0.29, 0.717) is 13.1 Å². The van der Waals surface area contributed by atoms with Crippen LogP contribution in [0.2, 0.25) is 19.6 Å². The zero-order chi connectivity index (χ0) is 18.9. The van der Waals surface area contributed by atoms with Gasteiger partial charge in [0.2, 0.25) is 0 Å². The average molecular weight is 360 g/mol. The Bertz CT molecular complexity index is 588. The predicted octanol–water partition coefficient (Wildman–Crippen LogP) is 5.47. The third kappa shape index (κ3) is 10.7. The Morgan fingerprint density at radius 1 is 1.12 bits per heavy atom. The molecule has 0 saturated carbocycles. The van der Waals surface area contributed by atoms with E-state index in [1.807, 2.05) is 51.1 Å². The van der Waals surface area contributed by atoms with Crippen LogP contribution >= 0.6 is 0 Å². The van der Waals surface area contributed by atoms with Crippen LogP contribution in [0.4, 0.5) is 4.79 Å². The molecule has 0 atom stereocenters. The molecule has 0 aromatic heterocycles. The van der Waals surface area contributed by atoms with E-state index in [4.69, 9.17) is 4.74 Å². The second-order valence-electron chi connectivity index (χ2n) is 8.40. The summed E-state index contributed by atoms with van der Waals surface area (Å²) in [5.41, 5.74) is 4.03. The molecule has 0 saturated heterocycles. The molecule has 0 aliphatic heterocycles. The van der Waals surface area contributed by atoms with Crippen molar-refractivity contribution in [2.24, 2.45) is 0 Å². The summed E-state index contributed by atoms with van der Waals surface area (Å²) in [5, 5.41) is 0. The van der Waals surface area contributed by atoms with E-state index in [0.717, 1.165) is 24.8 Å². The summed E-state index contributed by atoms with van der Waals surface area (Å²) in [4.78, 5) is 14.3. The lowest BCUT2D eigenvalue weighted by molar-refractivity contribution is 0.0230. The zero-order valence-electron chi connectivity index (χ0n) is 16.7. The fourth-order valence-corrected chi connectivity index (χ4v) is 2.86. The van der Waals surface area contributed by atoms with Crippen LogP contribution in [0.3, 0.4) is 0 Å². The number of rotatable bonds is 6. The third-order valence-corrected chi connectivity index (χ3v) is 4.24. The van der Waals surface area contributed by atoms with Crippen molar-refractivity contribution in [2.75, 3.05) is 6.54 Å². The molecule has 1 aromatic carbocycles. The Balaban J connectivity index is 2.58. The number of benzene rings is 1. The molecule has 0 heterocycles. The normalized spacial score (nSPS) is 11.4. The van der Waals surface area contributed by atoms with Gasteiger partial charge in [-0.1, -0.05) is 50.0 Å². The van der Waals surface area contributed by atoms with Crippen molar-refractivity contribution in [3.63, 3.8) is 0 Å². The number of carbonyl (C=O) groups is 1. The SMILES string of the molecule is CC(C)(C)OC(=O)N(CCCCC#C[Si](C)(C)C)Cc1ccccc1. The monoisotopic (exact) mass is 359 g/mol. The highest BCUT2D eigenvalue weighted by Crippen LogP contribution is 2.14. The van der Waals surface area contributed by atoms with Crippen molar-refractivity contribution in [3.05, 3.63) is 35.9 Å². The highest BCUT2D eigenvalue weighted by Gasteiger charge is 2.22. The van der Waals surface area contributed by atoms with Crippen LogP contribution in [0.15, 0.2) is 30.3 Å². The number of unbranched alkanes of at least 4 members (excludes halogenated alkanes) is 2. The van der Waals surface area contributed by atoms with Crippen molar-refractivity contribution in [3.8, 4) is 11.5 Å². The zero-order valence-corrected chi connectivity index (χ0v) is 17.7. The van der Waals surface area contributed by atoms with Crippen LogP contribution in [0.1, 0.15) is 45.6 Å². The highest BCUT2D eigenvalue weighted by atomic mass is 28.3. The maximum Gasteiger partial charge on any atom is 0.410 e. The van der Waals surface area contributed by atoms with E-state index >= 15 is 0 Å². The van der Waals surface area contributed by atoms with Gasteiger partial charge in [-0.25, -0.2) is 4.79 Å². The molecule has 0 bridgehead atoms. The van der Waals surface area contributed by atoms with E-state index in [9.17, 15) is 4.79 Å². The number of hydrogen-bond acceptors (Lipinski definition) is 2. The molecule has 1 aromatic rings. The maximum atomic E-state index is 12.5. The van der Waals surface area contributed by atoms with Crippen molar-refractivity contribution >= 4 is 14.2 Å². The molecule has 1 rings (SSSR count). The van der Waals surface area contributed by atoms with Gasteiger partial charge < -0.3 is 9.64 Å². The van der Waals surface area contributed by atoms with Gasteiger partial charge in [-0.05, 0) is 39.2 Å². The Hall–Kier alpha value is -1.73. The average Bonchev–Trinajstić information content (AvgIpc) is 2.47. The lowest BCUT2D eigenvalue weighted by Gasteiger charge is -2.27. The van der Waals surface area contributed by atoms with E-state index < -0.39 is 13.7 Å². The van der Waals surface area contributed by atoms with Gasteiger partial charge in [-0.15, -0.1) is 11.5 Å². The van der Waals surface area contributed by atoms with Crippen molar-refractivity contribution in [2.45, 2.75) is 71.8 Å². The third-order valence-electron chi connectivity index (χ3n) is 3.31. The first-order chi connectivity index (χ1) is 11.6. The van der Waals surface area contributed by atoms with Crippen molar-refractivity contribution in [1.82, 2.24) is 4.90 Å². The topological polar surface area (TPSA) is 29.5 Å². The summed E-state index contributed by atoms with van der Waals surface area (Å²) in [6.45, 7) is 13.7. The molecular weight excluding hydrogens is 326 g/mol. The molecule has 4 heteroatoms. The molecule has 0 spiro atoms. The van der Waals surface area contributed by atoms with Crippen LogP contribution < -0.4 is 0 Å². The maximum absolute atomic E-state index is 12.5. The fraction of sp³-hybridized carbons (Fsp3) is 0.571. The lowest BCUT2D eigenvalue weighted by Crippen LogP contribution is -2.37. The van der Waals surface area contributed by atoms with Gasteiger partial charge in [0.25, 0.3) is 0 Å². The molecule has 0 N–H and O–H groups in total. The Morgan fingerprint density at radius 3 is 2.32 bits per heavy atom. The summed E-state index contributed by atoms with van der Waals surface area (Å²) >= 11 is 0. The number of hydrogen-bond donors (Lipinski definition) is 0. The van der Waals surface area contributed by atoms with E-state index in [1.54, 1.807) is 4.90 Å². The number of carbonyl (C=O) groups excluding carboxylic acids is 1. The minimum absolute atomic E-state index is 0.246. The quantitative estimate of drug-likeness (QED) is 0.383. The standard InChI is InChI=1S/C21H33NO2Si/c1-21(2,3)24-20(23)22(18-19-14-10-9-11-15-19)16-12-7-8-13-17-25(4,5)6/h9-11,14-15H,7-8,12,16,18H2,1-6H3. The van der Waals surface area contributed by atoms with E-state index in [2.05, 4.69) is 31.1 Å². The Morgan fingerprint density at radius 2 is 1.76 bits per heavy atom. The summed E-state index contributed by atoms with van der Waals surface area (Å²) in [7, 11) is -1.28. The first-order valence-corrected chi connectivity index (χ1v) is 12.6. The molecule has 0 radical (unpaired) electrons. The molecule has 3 nitrogen and oxygen atoms in total. The molecule has 25 heavy (non-hydrogen) atoms. The molecule has 138 valence electrons. The second-order valence-corrected chi connectivity index (χ2v) is 13.1. The van der Waals surface area contributed by atoms with Gasteiger partial charge in [0.05, 0.1) is 0 Å². The van der Waals surface area contributed by atoms with Gasteiger partial charge >= 0.3 is 6.09 Å². The predicted molar refractivity (Wildman–Crippen MR) is 108 cm³/mol. The van der Waals surface area contributed by atoms with Gasteiger partial charge in [-0.2, -0.15) is 0 Å². The van der Waals surface area contributed by atoms with Crippen LogP contribution in [-0.4, -0.2) is 31.2 Å². The molecule has 0 aliphatic rings. The summed E-state index contributed by atoms with van der Waals surface area (Å²) in [6, 6.07) is 10.1. The second kappa shape index (κ2) is 9.67. The number of amides is 1. The first kappa shape index (κ1) is 21.3. The van der Waals surface area contributed by atoms with Crippen LogP contribution in [0.25, 0.3) is 0 Å². The summed E-state index contributed by atoms with van der Waals surface area (Å²) in [5.74, 6) is 3.29. The van der Waals surface area contributed by atoms with E-state index in [-0.39, 0.29) is 6.09 Å². The molecular formula is C21H33NO2Si. The molecule has 0 aliphatic carbocycles. The molecule has 0 unspecified atom stereocenters. The summed E-state index contributed by atoms with van der Waals surface area (Å²) in [6.07, 6.45) is 2.60. The number of nitrogens with zero attached hydrogens (tertiary/aromatic N) is 1. The smallest absolute Gasteiger partial charge is 0.410 e. The van der Waals surface area contributed by atoms with Gasteiger partial charge in [0.1, 0.15) is 13.7 Å². The minimum Gasteiger partial charge on any atom is -0.444 e. The Kier molecular flexibility index (Phi) is 8.25. The van der Waals surface area contributed by atoms with Gasteiger partial charge in [0, 0.05) is 19.5 Å². The Labute approximate surface area is 154 Å². The van der Waals surface area contributed by atoms with Gasteiger partial charge in [-0.3, -0.25) is 0 Å². The molecule has 0 fully saturated rings. The largest absolute Gasteiger partial charge is 0.444 e. The highest BCUT2D eigenvalue weighted by molar-refractivity contribution is 6.83. The lowest BCUT2D eigenvalue weighted by atomic mass is 10.2. The van der Waals surface area contributed by atoms with Crippen molar-refractivity contribution < 1.29 is 9.53 Å². The minimum atomic E-state index is -1.28. The first-order valence-electron chi connectivity index (χ1n) is 9.09. The van der Waals surface area contributed by atoms with E-state index in [1.165, 1.54) is 0 Å². The van der Waals surface area contributed by atoms with Crippen molar-refractivity contribution in [1.29, 1.82) is 0 Å². The van der Waals surface area contributed by atoms with Gasteiger partial charge in [0.15, 0.2) is 0 Å². The van der Waals surface area contributed by atoms with Crippen LogP contribution in [0.5, 0.6) is 0 Å². The molecule has 1 amide bonds. The van der Waals surface area contributed by atoms with Crippen LogP contribution in [-0.2, 0) is 11.3 Å². The summed E-state index contributed by atoms with van der Waals surface area (Å²) < 4.78 is 5.56. The van der Waals surface area contributed by atoms with Crippen LogP contribution in [0, 0.1) is 11.5 Å². The fourth-order valence-electron chi connectivity index (χ4n) is 2.21. The number of ether oxygens (including phenoxy) is 1.